The Labute approximate surface area is 168 Å². The Balaban J connectivity index is 1.77. The second-order valence-corrected chi connectivity index (χ2v) is 7.28. The van der Waals surface area contributed by atoms with Crippen molar-refractivity contribution in [1.82, 2.24) is 25.3 Å². The molecule has 0 fully saturated rings. The van der Waals surface area contributed by atoms with Gasteiger partial charge >= 0.3 is 0 Å². The minimum atomic E-state index is -1.19. The third kappa shape index (κ3) is 3.98. The molecule has 1 aliphatic heterocycles. The average molecular weight is 401 g/mol. The molecule has 0 saturated carbocycles. The SMILES string of the molecule is CCCNC(=O)c1cc2n(n1)CC(C)(C(=O)NCc1ccc(F)cc1)N(C)C2=O. The summed E-state index contributed by atoms with van der Waals surface area (Å²) in [5.74, 6) is -1.46. The fraction of sp³-hybridized carbons (Fsp3) is 0.400. The minimum absolute atomic E-state index is 0.112. The number of carbonyl (C=O) groups is 3. The predicted octanol–water partition coefficient (Wildman–Crippen LogP) is 1.32. The molecule has 3 rings (SSSR count). The van der Waals surface area contributed by atoms with Crippen LogP contribution in [-0.4, -0.2) is 51.5 Å². The summed E-state index contributed by atoms with van der Waals surface area (Å²) in [6.45, 7) is 4.41. The minimum Gasteiger partial charge on any atom is -0.351 e. The first-order valence-electron chi connectivity index (χ1n) is 9.43. The molecule has 2 heterocycles. The first-order chi connectivity index (χ1) is 13.8. The predicted molar refractivity (Wildman–Crippen MR) is 104 cm³/mol. The molecule has 0 radical (unpaired) electrons. The molecular weight excluding hydrogens is 377 g/mol. The van der Waals surface area contributed by atoms with Crippen molar-refractivity contribution in [3.63, 3.8) is 0 Å². The van der Waals surface area contributed by atoms with Crippen LogP contribution in [0.25, 0.3) is 0 Å². The smallest absolute Gasteiger partial charge is 0.272 e. The first kappa shape index (κ1) is 20.5. The molecule has 154 valence electrons. The van der Waals surface area contributed by atoms with Crippen LogP contribution in [0, 0.1) is 5.82 Å². The number of nitrogens with one attached hydrogen (secondary N) is 2. The highest BCUT2D eigenvalue weighted by Gasteiger charge is 2.46. The van der Waals surface area contributed by atoms with Crippen molar-refractivity contribution in [3.8, 4) is 0 Å². The first-order valence-corrected chi connectivity index (χ1v) is 9.43. The molecule has 0 saturated heterocycles. The van der Waals surface area contributed by atoms with Crippen LogP contribution in [0.5, 0.6) is 0 Å². The van der Waals surface area contributed by atoms with E-state index < -0.39 is 11.4 Å². The van der Waals surface area contributed by atoms with Gasteiger partial charge in [-0.1, -0.05) is 19.1 Å². The van der Waals surface area contributed by atoms with Gasteiger partial charge < -0.3 is 15.5 Å². The molecule has 0 spiro atoms. The van der Waals surface area contributed by atoms with Gasteiger partial charge in [-0.25, -0.2) is 4.39 Å². The van der Waals surface area contributed by atoms with E-state index in [9.17, 15) is 18.8 Å². The number of aromatic nitrogens is 2. The quantitative estimate of drug-likeness (QED) is 0.763. The molecule has 3 amide bonds. The van der Waals surface area contributed by atoms with Crippen LogP contribution in [0.1, 0.15) is 46.8 Å². The number of likely N-dealkylation sites (N-methyl/N-ethyl adjacent to an activating group) is 1. The molecule has 1 aromatic carbocycles. The van der Waals surface area contributed by atoms with E-state index in [0.29, 0.717) is 6.54 Å². The van der Waals surface area contributed by atoms with Gasteiger partial charge in [0, 0.05) is 26.2 Å². The largest absolute Gasteiger partial charge is 0.351 e. The zero-order chi connectivity index (χ0) is 21.2. The van der Waals surface area contributed by atoms with Crippen molar-refractivity contribution in [1.29, 1.82) is 0 Å². The van der Waals surface area contributed by atoms with Crippen LogP contribution in [-0.2, 0) is 17.9 Å². The summed E-state index contributed by atoms with van der Waals surface area (Å²) in [5.41, 5.74) is -0.0419. The molecule has 9 heteroatoms. The third-order valence-corrected chi connectivity index (χ3v) is 5.13. The van der Waals surface area contributed by atoms with E-state index in [2.05, 4.69) is 15.7 Å². The van der Waals surface area contributed by atoms with E-state index in [-0.39, 0.29) is 42.1 Å². The van der Waals surface area contributed by atoms with Gasteiger partial charge in [-0.2, -0.15) is 5.10 Å². The van der Waals surface area contributed by atoms with Gasteiger partial charge in [0.1, 0.15) is 17.1 Å². The molecular formula is C20H24FN5O3. The molecule has 2 N–H and O–H groups in total. The summed E-state index contributed by atoms with van der Waals surface area (Å²) in [5, 5.41) is 9.75. The number of fused-ring (bicyclic) bond motifs is 1. The Morgan fingerprint density at radius 2 is 1.93 bits per heavy atom. The van der Waals surface area contributed by atoms with Gasteiger partial charge in [-0.3, -0.25) is 19.1 Å². The van der Waals surface area contributed by atoms with Gasteiger partial charge in [-0.05, 0) is 31.0 Å². The topological polar surface area (TPSA) is 96.3 Å². The number of hydrogen-bond donors (Lipinski definition) is 2. The number of amides is 3. The Bertz CT molecular complexity index is 940. The summed E-state index contributed by atoms with van der Waals surface area (Å²) in [7, 11) is 1.55. The van der Waals surface area contributed by atoms with Crippen molar-refractivity contribution < 1.29 is 18.8 Å². The zero-order valence-electron chi connectivity index (χ0n) is 16.7. The maximum atomic E-state index is 13.0. The van der Waals surface area contributed by atoms with Gasteiger partial charge in [0.15, 0.2) is 5.69 Å². The van der Waals surface area contributed by atoms with Crippen LogP contribution in [0.15, 0.2) is 30.3 Å². The highest BCUT2D eigenvalue weighted by atomic mass is 19.1. The Kier molecular flexibility index (Phi) is 5.67. The van der Waals surface area contributed by atoms with Crippen molar-refractivity contribution in [2.75, 3.05) is 13.6 Å². The number of nitrogens with zero attached hydrogens (tertiary/aromatic N) is 3. The lowest BCUT2D eigenvalue weighted by atomic mass is 9.96. The van der Waals surface area contributed by atoms with Crippen molar-refractivity contribution in [2.45, 2.75) is 38.9 Å². The molecule has 0 bridgehead atoms. The second-order valence-electron chi connectivity index (χ2n) is 7.28. The van der Waals surface area contributed by atoms with Crippen LogP contribution in [0.4, 0.5) is 4.39 Å². The van der Waals surface area contributed by atoms with Gasteiger partial charge in [0.25, 0.3) is 11.8 Å². The van der Waals surface area contributed by atoms with Gasteiger partial charge in [0.05, 0.1) is 6.54 Å². The van der Waals surface area contributed by atoms with Crippen LogP contribution in [0.2, 0.25) is 0 Å². The summed E-state index contributed by atoms with van der Waals surface area (Å²) in [6.07, 6.45) is 0.785. The maximum Gasteiger partial charge on any atom is 0.272 e. The standard InChI is InChI=1S/C20H24FN5O3/c1-4-9-22-17(27)15-10-16-18(28)25(3)20(2,12-26(16)24-15)19(29)23-11-13-5-7-14(21)8-6-13/h5-8,10H,4,9,11-12H2,1-3H3,(H,22,27)(H,23,29). The fourth-order valence-electron chi connectivity index (χ4n) is 3.14. The van der Waals surface area contributed by atoms with Gasteiger partial charge in [-0.15, -0.1) is 0 Å². The van der Waals surface area contributed by atoms with Crippen LogP contribution < -0.4 is 10.6 Å². The lowest BCUT2D eigenvalue weighted by Crippen LogP contribution is -2.62. The van der Waals surface area contributed by atoms with Crippen molar-refractivity contribution in [2.24, 2.45) is 0 Å². The highest BCUT2D eigenvalue weighted by Crippen LogP contribution is 2.26. The Hall–Kier alpha value is -3.23. The van der Waals surface area contributed by atoms with Gasteiger partial charge in [0.2, 0.25) is 5.91 Å². The summed E-state index contributed by atoms with van der Waals surface area (Å²) in [4.78, 5) is 39.2. The zero-order valence-corrected chi connectivity index (χ0v) is 16.7. The highest BCUT2D eigenvalue weighted by molar-refractivity contribution is 6.01. The fourth-order valence-corrected chi connectivity index (χ4v) is 3.14. The normalized spacial score (nSPS) is 18.3. The summed E-state index contributed by atoms with van der Waals surface area (Å²) >= 11 is 0. The van der Waals surface area contributed by atoms with E-state index >= 15 is 0 Å². The Morgan fingerprint density at radius 3 is 2.59 bits per heavy atom. The molecule has 8 nitrogen and oxygen atoms in total. The lowest BCUT2D eigenvalue weighted by molar-refractivity contribution is -0.132. The van der Waals surface area contributed by atoms with E-state index in [1.54, 1.807) is 26.1 Å². The molecule has 1 aromatic heterocycles. The van der Waals surface area contributed by atoms with Crippen LogP contribution >= 0.6 is 0 Å². The van der Waals surface area contributed by atoms with E-state index in [0.717, 1.165) is 12.0 Å². The van der Waals surface area contributed by atoms with Crippen molar-refractivity contribution >= 4 is 17.7 Å². The number of rotatable bonds is 6. The number of halogens is 1. The maximum absolute atomic E-state index is 13.0. The Morgan fingerprint density at radius 1 is 1.24 bits per heavy atom. The van der Waals surface area contributed by atoms with E-state index in [4.69, 9.17) is 0 Å². The molecule has 0 aliphatic carbocycles. The average Bonchev–Trinajstić information content (AvgIpc) is 3.13. The van der Waals surface area contributed by atoms with Crippen molar-refractivity contribution in [3.05, 3.63) is 53.1 Å². The second kappa shape index (κ2) is 8.02. The monoisotopic (exact) mass is 401 g/mol. The third-order valence-electron chi connectivity index (χ3n) is 5.13. The number of benzene rings is 1. The molecule has 29 heavy (non-hydrogen) atoms. The molecule has 1 unspecified atom stereocenters. The summed E-state index contributed by atoms with van der Waals surface area (Å²) in [6, 6.07) is 7.25. The molecule has 1 atom stereocenters. The summed E-state index contributed by atoms with van der Waals surface area (Å²) < 4.78 is 14.4. The molecule has 1 aliphatic rings. The number of carbonyl (C=O) groups excluding carboxylic acids is 3. The lowest BCUT2D eigenvalue weighted by Gasteiger charge is -2.40. The van der Waals surface area contributed by atoms with E-state index in [1.165, 1.54) is 27.8 Å². The van der Waals surface area contributed by atoms with E-state index in [1.807, 2.05) is 6.92 Å². The number of hydrogen-bond acceptors (Lipinski definition) is 4. The van der Waals surface area contributed by atoms with Crippen LogP contribution in [0.3, 0.4) is 0 Å². The molecule has 2 aromatic rings.